The Labute approximate surface area is 144 Å². The number of carbonyl (C=O) groups is 2. The Balaban J connectivity index is 1.66. The van der Waals surface area contributed by atoms with Gasteiger partial charge in [0.25, 0.3) is 0 Å². The van der Waals surface area contributed by atoms with Crippen LogP contribution < -0.4 is 5.73 Å². The highest BCUT2D eigenvalue weighted by Gasteiger charge is 2.27. The monoisotopic (exact) mass is 347 g/mol. The third-order valence-electron chi connectivity index (χ3n) is 4.29. The first-order chi connectivity index (χ1) is 11.6. The summed E-state index contributed by atoms with van der Waals surface area (Å²) in [4.78, 5) is 33.8. The summed E-state index contributed by atoms with van der Waals surface area (Å²) in [6.07, 6.45) is 6.01. The molecule has 2 N–H and O–H groups in total. The van der Waals surface area contributed by atoms with Crippen molar-refractivity contribution in [2.45, 2.75) is 38.1 Å². The zero-order chi connectivity index (χ0) is 16.9. The van der Waals surface area contributed by atoms with Gasteiger partial charge in [0, 0.05) is 49.6 Å². The molecule has 128 valence electrons. The van der Waals surface area contributed by atoms with Crippen molar-refractivity contribution in [3.8, 4) is 0 Å². The normalized spacial score (nSPS) is 17.8. The number of rotatable bonds is 6. The lowest BCUT2D eigenvalue weighted by atomic mass is 9.96. The molecule has 2 amide bonds. The fourth-order valence-corrected chi connectivity index (χ4v) is 3.66. The van der Waals surface area contributed by atoms with Gasteiger partial charge in [-0.05, 0) is 12.8 Å². The Kier molecular flexibility index (Phi) is 5.24. The predicted molar refractivity (Wildman–Crippen MR) is 90.4 cm³/mol. The molecule has 1 atom stereocenters. The summed E-state index contributed by atoms with van der Waals surface area (Å²) in [6, 6.07) is 0. The zero-order valence-electron chi connectivity index (χ0n) is 13.4. The number of hydrogen-bond acceptors (Lipinski definition) is 5. The molecule has 0 bridgehead atoms. The van der Waals surface area contributed by atoms with Crippen LogP contribution in [-0.2, 0) is 16.1 Å². The molecule has 0 spiro atoms. The number of nitrogens with zero attached hydrogens (tertiary/aromatic N) is 4. The van der Waals surface area contributed by atoms with Crippen LogP contribution in [-0.4, -0.2) is 44.3 Å². The third kappa shape index (κ3) is 4.00. The highest BCUT2D eigenvalue weighted by atomic mass is 32.1. The van der Waals surface area contributed by atoms with Crippen LogP contribution in [0.3, 0.4) is 0 Å². The second-order valence-electron chi connectivity index (χ2n) is 6.04. The van der Waals surface area contributed by atoms with E-state index in [0.29, 0.717) is 13.1 Å². The van der Waals surface area contributed by atoms with Crippen LogP contribution in [0.4, 0.5) is 0 Å². The Bertz CT molecular complexity index is 697. The maximum Gasteiger partial charge on any atom is 0.223 e. The summed E-state index contributed by atoms with van der Waals surface area (Å²) in [5.41, 5.74) is 7.97. The average molecular weight is 347 g/mol. The summed E-state index contributed by atoms with van der Waals surface area (Å²) >= 11 is 1.58. The fourth-order valence-electron chi connectivity index (χ4n) is 3.11. The van der Waals surface area contributed by atoms with Crippen molar-refractivity contribution in [3.63, 3.8) is 0 Å². The lowest BCUT2D eigenvalue weighted by Crippen LogP contribution is -2.40. The minimum absolute atomic E-state index is 0.00360. The number of imidazole rings is 1. The van der Waals surface area contributed by atoms with Gasteiger partial charge in [-0.25, -0.2) is 9.97 Å². The maximum absolute atomic E-state index is 12.2. The van der Waals surface area contributed by atoms with Crippen molar-refractivity contribution in [3.05, 3.63) is 34.8 Å². The van der Waals surface area contributed by atoms with E-state index in [0.717, 1.165) is 30.9 Å². The van der Waals surface area contributed by atoms with Gasteiger partial charge in [0.1, 0.15) is 5.82 Å². The van der Waals surface area contributed by atoms with E-state index in [1.54, 1.807) is 17.5 Å². The number of piperidine rings is 1. The predicted octanol–water partition coefficient (Wildman–Crippen LogP) is 1.36. The van der Waals surface area contributed by atoms with Crippen LogP contribution in [0.15, 0.2) is 23.3 Å². The van der Waals surface area contributed by atoms with Crippen LogP contribution in [0.1, 0.15) is 43.1 Å². The van der Waals surface area contributed by atoms with Crippen molar-refractivity contribution in [2.24, 2.45) is 5.73 Å². The Morgan fingerprint density at radius 1 is 1.33 bits per heavy atom. The smallest absolute Gasteiger partial charge is 0.223 e. The molecule has 1 aliphatic rings. The summed E-state index contributed by atoms with van der Waals surface area (Å²) < 4.78 is 2.11. The standard InChI is InChI=1S/C16H21N5O2S/c17-14(22)3-4-15(23)20-6-1-2-12(8-20)16-18-5-7-21(16)9-13-10-24-11-19-13/h5,7,10-12H,1-4,6,8-9H2,(H2,17,22)/t12-/m1/s1. The Morgan fingerprint density at radius 3 is 2.96 bits per heavy atom. The van der Waals surface area contributed by atoms with Gasteiger partial charge in [-0.15, -0.1) is 11.3 Å². The molecule has 0 radical (unpaired) electrons. The van der Waals surface area contributed by atoms with Gasteiger partial charge in [-0.1, -0.05) is 0 Å². The van der Waals surface area contributed by atoms with Crippen molar-refractivity contribution in [2.75, 3.05) is 13.1 Å². The molecule has 0 unspecified atom stereocenters. The Hall–Kier alpha value is -2.22. The first-order valence-electron chi connectivity index (χ1n) is 8.07. The molecular formula is C16H21N5O2S. The van der Waals surface area contributed by atoms with Crippen molar-refractivity contribution in [1.82, 2.24) is 19.4 Å². The molecule has 3 heterocycles. The molecule has 1 saturated heterocycles. The largest absolute Gasteiger partial charge is 0.370 e. The quantitative estimate of drug-likeness (QED) is 0.853. The van der Waals surface area contributed by atoms with Crippen molar-refractivity contribution in [1.29, 1.82) is 0 Å². The number of amides is 2. The SMILES string of the molecule is NC(=O)CCC(=O)N1CCC[C@@H](c2nccn2Cc2cscn2)C1. The van der Waals surface area contributed by atoms with E-state index in [4.69, 9.17) is 5.73 Å². The summed E-state index contributed by atoms with van der Waals surface area (Å²) in [5.74, 6) is 0.770. The first kappa shape index (κ1) is 16.6. The first-order valence-corrected chi connectivity index (χ1v) is 9.02. The van der Waals surface area contributed by atoms with Gasteiger partial charge in [0.05, 0.1) is 17.7 Å². The van der Waals surface area contributed by atoms with Crippen LogP contribution in [0.2, 0.25) is 0 Å². The highest BCUT2D eigenvalue weighted by molar-refractivity contribution is 7.07. The molecular weight excluding hydrogens is 326 g/mol. The summed E-state index contributed by atoms with van der Waals surface area (Å²) in [6.45, 7) is 2.08. The molecule has 0 aromatic carbocycles. The molecule has 2 aromatic rings. The molecule has 0 saturated carbocycles. The van der Waals surface area contributed by atoms with Gasteiger partial charge >= 0.3 is 0 Å². The molecule has 3 rings (SSSR count). The maximum atomic E-state index is 12.2. The van der Waals surface area contributed by atoms with Gasteiger partial charge in [-0.2, -0.15) is 0 Å². The highest BCUT2D eigenvalue weighted by Crippen LogP contribution is 2.26. The van der Waals surface area contributed by atoms with Crippen LogP contribution in [0, 0.1) is 0 Å². The van der Waals surface area contributed by atoms with Crippen LogP contribution >= 0.6 is 11.3 Å². The number of carbonyl (C=O) groups excluding carboxylic acids is 2. The van der Waals surface area contributed by atoms with Gasteiger partial charge in [0.15, 0.2) is 0 Å². The lowest BCUT2D eigenvalue weighted by Gasteiger charge is -2.32. The van der Waals surface area contributed by atoms with E-state index in [9.17, 15) is 9.59 Å². The molecule has 1 aliphatic heterocycles. The van der Waals surface area contributed by atoms with E-state index in [1.807, 2.05) is 22.0 Å². The summed E-state index contributed by atoms with van der Waals surface area (Å²) in [5, 5.41) is 2.03. The molecule has 8 heteroatoms. The van der Waals surface area contributed by atoms with Gasteiger partial charge in [0.2, 0.25) is 11.8 Å². The van der Waals surface area contributed by atoms with E-state index < -0.39 is 5.91 Å². The fraction of sp³-hybridized carbons (Fsp3) is 0.500. The second kappa shape index (κ2) is 7.57. The number of aromatic nitrogens is 3. The molecule has 7 nitrogen and oxygen atoms in total. The minimum Gasteiger partial charge on any atom is -0.370 e. The van der Waals surface area contributed by atoms with E-state index >= 15 is 0 Å². The molecule has 0 aliphatic carbocycles. The Morgan fingerprint density at radius 2 is 2.21 bits per heavy atom. The molecule has 24 heavy (non-hydrogen) atoms. The second-order valence-corrected chi connectivity index (χ2v) is 6.76. The topological polar surface area (TPSA) is 94.1 Å². The summed E-state index contributed by atoms with van der Waals surface area (Å²) in [7, 11) is 0. The number of likely N-dealkylation sites (tertiary alicyclic amines) is 1. The van der Waals surface area contributed by atoms with Crippen LogP contribution in [0.25, 0.3) is 0 Å². The van der Waals surface area contributed by atoms with Crippen molar-refractivity contribution < 1.29 is 9.59 Å². The third-order valence-corrected chi connectivity index (χ3v) is 4.92. The molecule has 2 aromatic heterocycles. The van der Waals surface area contributed by atoms with Crippen LogP contribution in [0.5, 0.6) is 0 Å². The number of thiazole rings is 1. The average Bonchev–Trinajstić information content (AvgIpc) is 3.25. The number of primary amides is 1. The molecule has 1 fully saturated rings. The van der Waals surface area contributed by atoms with E-state index in [1.165, 1.54) is 0 Å². The van der Waals surface area contributed by atoms with Gasteiger partial charge < -0.3 is 15.2 Å². The van der Waals surface area contributed by atoms with Gasteiger partial charge in [-0.3, -0.25) is 9.59 Å². The zero-order valence-corrected chi connectivity index (χ0v) is 14.2. The minimum atomic E-state index is -0.435. The van der Waals surface area contributed by atoms with Crippen molar-refractivity contribution >= 4 is 23.2 Å². The van der Waals surface area contributed by atoms with E-state index in [-0.39, 0.29) is 24.7 Å². The lowest BCUT2D eigenvalue weighted by molar-refractivity contribution is -0.134. The van der Waals surface area contributed by atoms with E-state index in [2.05, 4.69) is 14.5 Å². The number of hydrogen-bond donors (Lipinski definition) is 1. The number of nitrogens with two attached hydrogens (primary N) is 1.